The molecule has 0 aliphatic rings. The quantitative estimate of drug-likeness (QED) is 0.464. The zero-order chi connectivity index (χ0) is 21.6. The van der Waals surface area contributed by atoms with Crippen LogP contribution in [0.4, 0.5) is 11.4 Å². The standard InChI is InChI=1S/C21H19N3O4S2/c1-2-13-22-21(26)17-6-3-4-7-18(17)23-20(25)15-9-11-16(12-10-15)24-30(27,28)19-8-5-14-29-19/h2-12,14,24H,1,13H2,(H,22,26)(H,23,25). The van der Waals surface area contributed by atoms with Crippen molar-refractivity contribution in [2.45, 2.75) is 4.21 Å². The van der Waals surface area contributed by atoms with Crippen molar-refractivity contribution >= 4 is 44.5 Å². The number of nitrogens with one attached hydrogen (secondary N) is 3. The SMILES string of the molecule is C=CCNC(=O)c1ccccc1NC(=O)c1ccc(NS(=O)(=O)c2cccs2)cc1. The van der Waals surface area contributed by atoms with Crippen molar-refractivity contribution in [3.8, 4) is 0 Å². The van der Waals surface area contributed by atoms with E-state index in [2.05, 4.69) is 21.9 Å². The highest BCUT2D eigenvalue weighted by Crippen LogP contribution is 2.21. The summed E-state index contributed by atoms with van der Waals surface area (Å²) in [6.45, 7) is 3.86. The predicted octanol–water partition coefficient (Wildman–Crippen LogP) is 3.72. The molecule has 154 valence electrons. The molecule has 0 aliphatic carbocycles. The van der Waals surface area contributed by atoms with Crippen LogP contribution in [-0.4, -0.2) is 26.8 Å². The van der Waals surface area contributed by atoms with E-state index in [-0.39, 0.29) is 10.1 Å². The Kier molecular flexibility index (Phi) is 6.65. The number of hydrogen-bond acceptors (Lipinski definition) is 5. The van der Waals surface area contributed by atoms with E-state index in [4.69, 9.17) is 0 Å². The Morgan fingerprint density at radius 1 is 0.967 bits per heavy atom. The fourth-order valence-electron chi connectivity index (χ4n) is 2.56. The summed E-state index contributed by atoms with van der Waals surface area (Å²) in [5.41, 5.74) is 1.35. The van der Waals surface area contributed by atoms with Crippen LogP contribution < -0.4 is 15.4 Å². The largest absolute Gasteiger partial charge is 0.349 e. The van der Waals surface area contributed by atoms with E-state index in [9.17, 15) is 18.0 Å². The molecule has 3 N–H and O–H groups in total. The van der Waals surface area contributed by atoms with Gasteiger partial charge in [0.15, 0.2) is 0 Å². The van der Waals surface area contributed by atoms with Crippen LogP contribution in [0.1, 0.15) is 20.7 Å². The van der Waals surface area contributed by atoms with Crippen molar-refractivity contribution < 1.29 is 18.0 Å². The molecule has 1 heterocycles. The van der Waals surface area contributed by atoms with Crippen molar-refractivity contribution in [3.05, 3.63) is 89.8 Å². The van der Waals surface area contributed by atoms with Crippen LogP contribution in [0.15, 0.2) is 82.9 Å². The van der Waals surface area contributed by atoms with Crippen molar-refractivity contribution in [1.82, 2.24) is 5.32 Å². The Balaban J connectivity index is 1.71. The molecular formula is C21H19N3O4S2. The van der Waals surface area contributed by atoms with Crippen LogP contribution in [0.5, 0.6) is 0 Å². The molecule has 0 aliphatic heterocycles. The second kappa shape index (κ2) is 9.38. The molecule has 2 amide bonds. The van der Waals surface area contributed by atoms with Gasteiger partial charge in [-0.3, -0.25) is 14.3 Å². The molecule has 0 bridgehead atoms. The van der Waals surface area contributed by atoms with Gasteiger partial charge < -0.3 is 10.6 Å². The molecule has 0 radical (unpaired) electrons. The van der Waals surface area contributed by atoms with Crippen LogP contribution >= 0.6 is 11.3 Å². The molecule has 0 unspecified atom stereocenters. The van der Waals surface area contributed by atoms with Gasteiger partial charge in [0.25, 0.3) is 21.8 Å². The fourth-order valence-corrected chi connectivity index (χ4v) is 4.61. The Labute approximate surface area is 178 Å². The molecule has 9 heteroatoms. The van der Waals surface area contributed by atoms with Crippen molar-refractivity contribution in [2.75, 3.05) is 16.6 Å². The van der Waals surface area contributed by atoms with Gasteiger partial charge in [-0.1, -0.05) is 24.3 Å². The minimum atomic E-state index is -3.66. The summed E-state index contributed by atoms with van der Waals surface area (Å²) in [5, 5.41) is 7.06. The van der Waals surface area contributed by atoms with Crippen molar-refractivity contribution in [3.63, 3.8) is 0 Å². The summed E-state index contributed by atoms with van der Waals surface area (Å²) in [6, 6.07) is 15.8. The molecule has 1 aromatic heterocycles. The van der Waals surface area contributed by atoms with Crippen LogP contribution in [0.25, 0.3) is 0 Å². The first-order valence-corrected chi connectivity index (χ1v) is 11.2. The molecule has 3 aromatic rings. The maximum absolute atomic E-state index is 12.6. The number of thiophene rings is 1. The number of benzene rings is 2. The van der Waals surface area contributed by atoms with Crippen LogP contribution in [-0.2, 0) is 10.0 Å². The number of sulfonamides is 1. The lowest BCUT2D eigenvalue weighted by Crippen LogP contribution is -2.25. The van der Waals surface area contributed by atoms with E-state index in [0.29, 0.717) is 29.0 Å². The molecule has 30 heavy (non-hydrogen) atoms. The molecule has 0 atom stereocenters. The van der Waals surface area contributed by atoms with E-state index >= 15 is 0 Å². The zero-order valence-corrected chi connectivity index (χ0v) is 17.4. The smallest absolute Gasteiger partial charge is 0.271 e. The van der Waals surface area contributed by atoms with Crippen molar-refractivity contribution in [2.24, 2.45) is 0 Å². The molecular weight excluding hydrogens is 422 g/mol. The number of rotatable bonds is 8. The molecule has 0 spiro atoms. The van der Waals surface area contributed by atoms with E-state index in [1.165, 1.54) is 30.3 Å². The summed E-state index contributed by atoms with van der Waals surface area (Å²) in [7, 11) is -3.66. The van der Waals surface area contributed by atoms with Gasteiger partial charge in [-0.25, -0.2) is 8.42 Å². The first kappa shape index (κ1) is 21.3. The second-order valence-electron chi connectivity index (χ2n) is 6.11. The maximum Gasteiger partial charge on any atom is 0.271 e. The average molecular weight is 442 g/mol. The summed E-state index contributed by atoms with van der Waals surface area (Å²) in [6.07, 6.45) is 1.56. The third-order valence-electron chi connectivity index (χ3n) is 3.99. The van der Waals surface area contributed by atoms with E-state index in [0.717, 1.165) is 11.3 Å². The van der Waals surface area contributed by atoms with Gasteiger partial charge in [-0.05, 0) is 47.8 Å². The normalized spacial score (nSPS) is 10.8. The Hall–Kier alpha value is -3.43. The molecule has 7 nitrogen and oxygen atoms in total. The number of hydrogen-bond donors (Lipinski definition) is 3. The van der Waals surface area contributed by atoms with E-state index in [1.54, 1.807) is 41.8 Å². The molecule has 2 aromatic carbocycles. The minimum absolute atomic E-state index is 0.204. The Morgan fingerprint density at radius 3 is 2.37 bits per heavy atom. The molecule has 3 rings (SSSR count). The summed E-state index contributed by atoms with van der Waals surface area (Å²) < 4.78 is 27.2. The first-order chi connectivity index (χ1) is 14.4. The Morgan fingerprint density at radius 2 is 1.70 bits per heavy atom. The van der Waals surface area contributed by atoms with Gasteiger partial charge in [0.05, 0.1) is 11.3 Å². The van der Waals surface area contributed by atoms with Crippen LogP contribution in [0, 0.1) is 0 Å². The van der Waals surface area contributed by atoms with Crippen molar-refractivity contribution in [1.29, 1.82) is 0 Å². The highest BCUT2D eigenvalue weighted by Gasteiger charge is 2.16. The minimum Gasteiger partial charge on any atom is -0.349 e. The van der Waals surface area contributed by atoms with E-state index in [1.807, 2.05) is 0 Å². The lowest BCUT2D eigenvalue weighted by molar-refractivity contribution is 0.0959. The number of carbonyl (C=O) groups is 2. The molecule has 0 saturated heterocycles. The highest BCUT2D eigenvalue weighted by molar-refractivity contribution is 7.94. The third kappa shape index (κ3) is 5.13. The number of anilines is 2. The van der Waals surface area contributed by atoms with E-state index < -0.39 is 15.9 Å². The van der Waals surface area contributed by atoms with Gasteiger partial charge in [0.2, 0.25) is 0 Å². The van der Waals surface area contributed by atoms with Crippen LogP contribution in [0.3, 0.4) is 0 Å². The summed E-state index contributed by atoms with van der Waals surface area (Å²) >= 11 is 1.11. The number of para-hydroxylation sites is 1. The van der Waals surface area contributed by atoms with Gasteiger partial charge in [0.1, 0.15) is 4.21 Å². The Bertz CT molecular complexity index is 1160. The second-order valence-corrected chi connectivity index (χ2v) is 8.97. The zero-order valence-electron chi connectivity index (χ0n) is 15.8. The highest BCUT2D eigenvalue weighted by atomic mass is 32.2. The first-order valence-electron chi connectivity index (χ1n) is 8.86. The van der Waals surface area contributed by atoms with Gasteiger partial charge >= 0.3 is 0 Å². The lowest BCUT2D eigenvalue weighted by Gasteiger charge is -2.11. The molecule has 0 saturated carbocycles. The topological polar surface area (TPSA) is 104 Å². The summed E-state index contributed by atoms with van der Waals surface area (Å²) in [5.74, 6) is -0.754. The average Bonchev–Trinajstić information content (AvgIpc) is 3.29. The number of carbonyl (C=O) groups excluding carboxylic acids is 2. The summed E-state index contributed by atoms with van der Waals surface area (Å²) in [4.78, 5) is 24.8. The molecule has 0 fully saturated rings. The monoisotopic (exact) mass is 441 g/mol. The third-order valence-corrected chi connectivity index (χ3v) is 6.76. The fraction of sp³-hybridized carbons (Fsp3) is 0.0476. The lowest BCUT2D eigenvalue weighted by atomic mass is 10.1. The van der Waals surface area contributed by atoms with Gasteiger partial charge in [0, 0.05) is 17.8 Å². The van der Waals surface area contributed by atoms with Gasteiger partial charge in [-0.15, -0.1) is 17.9 Å². The van der Waals surface area contributed by atoms with Crippen LogP contribution in [0.2, 0.25) is 0 Å². The van der Waals surface area contributed by atoms with Gasteiger partial charge in [-0.2, -0.15) is 0 Å². The predicted molar refractivity (Wildman–Crippen MR) is 118 cm³/mol. The number of amides is 2. The maximum atomic E-state index is 12.6.